The highest BCUT2D eigenvalue weighted by Gasteiger charge is 2.37. The van der Waals surface area contributed by atoms with E-state index in [1.807, 2.05) is 36.1 Å². The number of benzene rings is 2. The van der Waals surface area contributed by atoms with E-state index < -0.39 is 10.0 Å². The molecule has 0 aromatic heterocycles. The van der Waals surface area contributed by atoms with Crippen LogP contribution in [0.4, 0.5) is 0 Å². The topological polar surface area (TPSA) is 75.7 Å². The monoisotopic (exact) mass is 448 g/mol. The van der Waals surface area contributed by atoms with Gasteiger partial charge in [-0.05, 0) is 68.5 Å². The van der Waals surface area contributed by atoms with Gasteiger partial charge in [0.1, 0.15) is 10.6 Å². The fraction of sp³-hybridized carbons (Fsp3) is 0.409. The van der Waals surface area contributed by atoms with Gasteiger partial charge in [-0.2, -0.15) is 0 Å². The van der Waals surface area contributed by atoms with Gasteiger partial charge in [0, 0.05) is 22.7 Å². The van der Waals surface area contributed by atoms with Crippen molar-refractivity contribution in [1.29, 1.82) is 0 Å². The van der Waals surface area contributed by atoms with Gasteiger partial charge in [-0.25, -0.2) is 13.1 Å². The van der Waals surface area contributed by atoms with Crippen molar-refractivity contribution in [3.05, 3.63) is 58.6 Å². The molecule has 1 atom stereocenters. The molecule has 2 aromatic carbocycles. The minimum atomic E-state index is -3.76. The van der Waals surface area contributed by atoms with Gasteiger partial charge in [-0.3, -0.25) is 4.79 Å². The van der Waals surface area contributed by atoms with Crippen molar-refractivity contribution < 1.29 is 17.9 Å². The zero-order chi connectivity index (χ0) is 21.5. The molecule has 0 saturated heterocycles. The van der Waals surface area contributed by atoms with Crippen LogP contribution in [0.5, 0.6) is 5.75 Å². The predicted octanol–water partition coefficient (Wildman–Crippen LogP) is 4.16. The highest BCUT2D eigenvalue weighted by molar-refractivity contribution is 7.89. The molecule has 0 aliphatic heterocycles. The standard InChI is InChI=1S/C22H25ClN2O4S/c1-14(15-3-6-17(23)7-4-15)25(19-10-11-19)22(26)16-5-12-20(29-2)21(13-16)30(27,28)24-18-8-9-18/h3-7,12-14,18-19,24H,8-11H2,1-2H3. The Kier molecular flexibility index (Phi) is 5.79. The van der Waals surface area contributed by atoms with E-state index in [0.717, 1.165) is 31.2 Å². The van der Waals surface area contributed by atoms with Crippen molar-refractivity contribution in [2.24, 2.45) is 0 Å². The first-order chi connectivity index (χ1) is 14.3. The van der Waals surface area contributed by atoms with Crippen molar-refractivity contribution >= 4 is 27.5 Å². The molecule has 2 fully saturated rings. The lowest BCUT2D eigenvalue weighted by Crippen LogP contribution is -2.35. The molecule has 0 spiro atoms. The first kappa shape index (κ1) is 21.2. The van der Waals surface area contributed by atoms with E-state index in [0.29, 0.717) is 10.6 Å². The fourth-order valence-electron chi connectivity index (χ4n) is 3.57. The molecule has 2 aliphatic rings. The summed E-state index contributed by atoms with van der Waals surface area (Å²) in [4.78, 5) is 15.3. The van der Waals surface area contributed by atoms with Crippen LogP contribution in [-0.4, -0.2) is 38.4 Å². The molecule has 4 rings (SSSR count). The molecule has 8 heteroatoms. The molecule has 0 bridgehead atoms. The molecule has 0 radical (unpaired) electrons. The summed E-state index contributed by atoms with van der Waals surface area (Å²) in [5, 5.41) is 0.642. The van der Waals surface area contributed by atoms with Crippen LogP contribution >= 0.6 is 11.6 Å². The van der Waals surface area contributed by atoms with Crippen LogP contribution < -0.4 is 9.46 Å². The summed E-state index contributed by atoms with van der Waals surface area (Å²) in [6.07, 6.45) is 3.53. The third-order valence-corrected chi connectivity index (χ3v) is 7.34. The highest BCUT2D eigenvalue weighted by Crippen LogP contribution is 2.37. The van der Waals surface area contributed by atoms with Crippen LogP contribution in [0.15, 0.2) is 47.4 Å². The van der Waals surface area contributed by atoms with Gasteiger partial charge in [-0.15, -0.1) is 0 Å². The highest BCUT2D eigenvalue weighted by atomic mass is 35.5. The molecule has 160 valence electrons. The average molecular weight is 449 g/mol. The number of rotatable bonds is 8. The van der Waals surface area contributed by atoms with Gasteiger partial charge in [0.25, 0.3) is 5.91 Å². The number of hydrogen-bond donors (Lipinski definition) is 1. The van der Waals surface area contributed by atoms with Crippen molar-refractivity contribution in [3.8, 4) is 5.75 Å². The Labute approximate surface area is 182 Å². The molecule has 2 aliphatic carbocycles. The smallest absolute Gasteiger partial charge is 0.254 e. The summed E-state index contributed by atoms with van der Waals surface area (Å²) in [6, 6.07) is 12.0. The van der Waals surface area contributed by atoms with E-state index >= 15 is 0 Å². The van der Waals surface area contributed by atoms with E-state index in [-0.39, 0.29) is 34.7 Å². The van der Waals surface area contributed by atoms with Gasteiger partial charge in [0.15, 0.2) is 0 Å². The Morgan fingerprint density at radius 1 is 1.13 bits per heavy atom. The van der Waals surface area contributed by atoms with Crippen LogP contribution in [0.1, 0.15) is 54.6 Å². The number of carbonyl (C=O) groups excluding carboxylic acids is 1. The summed E-state index contributed by atoms with van der Waals surface area (Å²) in [6.45, 7) is 1.98. The van der Waals surface area contributed by atoms with Gasteiger partial charge < -0.3 is 9.64 Å². The zero-order valence-electron chi connectivity index (χ0n) is 17.0. The third kappa shape index (κ3) is 4.48. The number of methoxy groups -OCH3 is 1. The van der Waals surface area contributed by atoms with Crippen LogP contribution in [0, 0.1) is 0 Å². The lowest BCUT2D eigenvalue weighted by Gasteiger charge is -2.30. The first-order valence-corrected chi connectivity index (χ1v) is 11.9. The van der Waals surface area contributed by atoms with E-state index in [1.54, 1.807) is 12.1 Å². The summed E-state index contributed by atoms with van der Waals surface area (Å²) in [5.41, 5.74) is 1.32. The Bertz CT molecular complexity index is 1050. The van der Waals surface area contributed by atoms with Crippen molar-refractivity contribution in [2.45, 2.75) is 55.6 Å². The molecule has 1 unspecified atom stereocenters. The van der Waals surface area contributed by atoms with Gasteiger partial charge in [0.2, 0.25) is 10.0 Å². The lowest BCUT2D eigenvalue weighted by molar-refractivity contribution is 0.0673. The Morgan fingerprint density at radius 3 is 2.37 bits per heavy atom. The van der Waals surface area contributed by atoms with E-state index in [4.69, 9.17) is 16.3 Å². The van der Waals surface area contributed by atoms with E-state index in [1.165, 1.54) is 13.2 Å². The second kappa shape index (κ2) is 8.21. The minimum Gasteiger partial charge on any atom is -0.495 e. The van der Waals surface area contributed by atoms with E-state index in [9.17, 15) is 13.2 Å². The number of carbonyl (C=O) groups is 1. The average Bonchev–Trinajstić information content (AvgIpc) is 3.64. The number of ether oxygens (including phenoxy) is 1. The van der Waals surface area contributed by atoms with E-state index in [2.05, 4.69) is 4.72 Å². The van der Waals surface area contributed by atoms with Gasteiger partial charge in [-0.1, -0.05) is 23.7 Å². The second-order valence-electron chi connectivity index (χ2n) is 7.93. The van der Waals surface area contributed by atoms with Crippen molar-refractivity contribution in [1.82, 2.24) is 9.62 Å². The minimum absolute atomic E-state index is 0.00218. The lowest BCUT2D eigenvalue weighted by atomic mass is 10.0. The SMILES string of the molecule is COc1ccc(C(=O)N(C2CC2)C(C)c2ccc(Cl)cc2)cc1S(=O)(=O)NC1CC1. The predicted molar refractivity (Wildman–Crippen MR) is 115 cm³/mol. The maximum absolute atomic E-state index is 13.5. The Balaban J connectivity index is 1.66. The first-order valence-electron chi connectivity index (χ1n) is 10.1. The number of amides is 1. The molecule has 1 amide bonds. The normalized spacial score (nSPS) is 17.4. The molecule has 6 nitrogen and oxygen atoms in total. The Morgan fingerprint density at radius 2 is 1.80 bits per heavy atom. The summed E-state index contributed by atoms with van der Waals surface area (Å²) >= 11 is 6.00. The second-order valence-corrected chi connectivity index (χ2v) is 10.1. The molecule has 0 heterocycles. The maximum Gasteiger partial charge on any atom is 0.254 e. The van der Waals surface area contributed by atoms with Gasteiger partial charge in [0.05, 0.1) is 13.2 Å². The Hall–Kier alpha value is -2.09. The van der Waals surface area contributed by atoms with Gasteiger partial charge >= 0.3 is 0 Å². The zero-order valence-corrected chi connectivity index (χ0v) is 18.5. The van der Waals surface area contributed by atoms with Crippen LogP contribution in [-0.2, 0) is 10.0 Å². The maximum atomic E-state index is 13.5. The number of sulfonamides is 1. The summed E-state index contributed by atoms with van der Waals surface area (Å²) in [5.74, 6) is 0.0360. The third-order valence-electron chi connectivity index (χ3n) is 5.54. The molecule has 2 aromatic rings. The molecular weight excluding hydrogens is 424 g/mol. The number of halogens is 1. The van der Waals surface area contributed by atoms with Crippen molar-refractivity contribution in [3.63, 3.8) is 0 Å². The largest absolute Gasteiger partial charge is 0.495 e. The molecule has 2 saturated carbocycles. The molecule has 1 N–H and O–H groups in total. The molecule has 30 heavy (non-hydrogen) atoms. The quantitative estimate of drug-likeness (QED) is 0.658. The number of hydrogen-bond acceptors (Lipinski definition) is 4. The number of nitrogens with zero attached hydrogens (tertiary/aromatic N) is 1. The number of nitrogens with one attached hydrogen (secondary N) is 1. The summed E-state index contributed by atoms with van der Waals surface area (Å²) in [7, 11) is -2.34. The van der Waals surface area contributed by atoms with Crippen LogP contribution in [0.2, 0.25) is 5.02 Å². The molecular formula is C22H25ClN2O4S. The van der Waals surface area contributed by atoms with Crippen LogP contribution in [0.3, 0.4) is 0 Å². The fourth-order valence-corrected chi connectivity index (χ4v) is 5.19. The van der Waals surface area contributed by atoms with Crippen molar-refractivity contribution in [2.75, 3.05) is 7.11 Å². The summed E-state index contributed by atoms with van der Waals surface area (Å²) < 4.78 is 33.5. The van der Waals surface area contributed by atoms with Crippen LogP contribution in [0.25, 0.3) is 0 Å².